The van der Waals surface area contributed by atoms with Gasteiger partial charge in [0, 0.05) is 0 Å². The molecule has 4 N–H and O–H groups in total. The van der Waals surface area contributed by atoms with Gasteiger partial charge in [-0.15, -0.1) is 0 Å². The largest absolute Gasteiger partial charge is 0.344 e. The summed E-state index contributed by atoms with van der Waals surface area (Å²) in [6.45, 7) is 8.35. The molecule has 0 aromatic heterocycles. The van der Waals surface area contributed by atoms with Crippen molar-refractivity contribution in [2.75, 3.05) is 26.2 Å². The summed E-state index contributed by atoms with van der Waals surface area (Å²) in [6.07, 6.45) is 2.21. The summed E-state index contributed by atoms with van der Waals surface area (Å²) in [7, 11) is 0. The van der Waals surface area contributed by atoms with Crippen LogP contribution in [0.4, 0.5) is 0 Å². The van der Waals surface area contributed by atoms with Crippen LogP contribution in [0.25, 0.3) is 0 Å². The molecule has 2 bridgehead atoms. The highest BCUT2D eigenvalue weighted by Gasteiger charge is 2.58. The summed E-state index contributed by atoms with van der Waals surface area (Å²) < 4.78 is 0. The molecule has 3 nitrogen and oxygen atoms in total. The predicted molar refractivity (Wildman–Crippen MR) is 53.8 cm³/mol. The highest BCUT2D eigenvalue weighted by Crippen LogP contribution is 2.34. The van der Waals surface area contributed by atoms with Gasteiger partial charge < -0.3 is 10.6 Å². The Hall–Kier alpha value is -0.410. The number of nitrogens with two attached hydrogens (primary N) is 2. The Morgan fingerprint density at radius 2 is 1.79 bits per heavy atom. The summed E-state index contributed by atoms with van der Waals surface area (Å²) in [5, 5.41) is 4.70. The molecule has 0 aromatic carbocycles. The van der Waals surface area contributed by atoms with E-state index < -0.39 is 0 Å². The number of piperidine rings is 2. The van der Waals surface area contributed by atoms with Crippen molar-refractivity contribution in [3.63, 3.8) is 0 Å². The third kappa shape index (κ3) is 1.30. The highest BCUT2D eigenvalue weighted by molar-refractivity contribution is 5.91. The summed E-state index contributed by atoms with van der Waals surface area (Å²) in [6, 6.07) is 0. The van der Waals surface area contributed by atoms with Crippen LogP contribution in [0.3, 0.4) is 0 Å². The van der Waals surface area contributed by atoms with Crippen LogP contribution in [-0.4, -0.2) is 32.0 Å². The lowest BCUT2D eigenvalue weighted by atomic mass is 9.63. The first kappa shape index (κ1) is 10.1. The van der Waals surface area contributed by atoms with Gasteiger partial charge in [-0.2, -0.15) is 0 Å². The average Bonchev–Trinajstić information content (AvgIpc) is 2.11. The lowest BCUT2D eigenvalue weighted by Gasteiger charge is -2.44. The van der Waals surface area contributed by atoms with Gasteiger partial charge in [0.25, 0.3) is 0 Å². The van der Waals surface area contributed by atoms with Gasteiger partial charge in [0.2, 0.25) is 0 Å². The number of rotatable bonds is 2. The Morgan fingerprint density at radius 1 is 1.21 bits per heavy atom. The lowest BCUT2D eigenvalue weighted by molar-refractivity contribution is -0.744. The van der Waals surface area contributed by atoms with Crippen molar-refractivity contribution >= 4 is 5.78 Å². The van der Waals surface area contributed by atoms with E-state index in [-0.39, 0.29) is 10.8 Å². The molecule has 2 aliphatic rings. The second kappa shape index (κ2) is 3.31. The number of fused-ring (bicyclic) bond motifs is 2. The molecule has 0 unspecified atom stereocenters. The van der Waals surface area contributed by atoms with Crippen molar-refractivity contribution in [2.24, 2.45) is 10.8 Å². The second-order valence-electron chi connectivity index (χ2n) is 5.31. The zero-order chi connectivity index (χ0) is 10.2. The molecule has 3 heteroatoms. The van der Waals surface area contributed by atoms with Crippen molar-refractivity contribution in [3.8, 4) is 0 Å². The third-order valence-corrected chi connectivity index (χ3v) is 4.02. The number of hydrogen-bond donors (Lipinski definition) is 2. The third-order valence-electron chi connectivity index (χ3n) is 4.02. The quantitative estimate of drug-likeness (QED) is 0.557. The van der Waals surface area contributed by atoms with Crippen molar-refractivity contribution in [3.05, 3.63) is 0 Å². The topological polar surface area (TPSA) is 50.3 Å². The van der Waals surface area contributed by atoms with Gasteiger partial charge in [-0.05, 0) is 13.3 Å². The van der Waals surface area contributed by atoms with Crippen LogP contribution in [0.5, 0.6) is 0 Å². The monoisotopic (exact) mass is 198 g/mol. The van der Waals surface area contributed by atoms with Crippen LogP contribution in [0.2, 0.25) is 0 Å². The van der Waals surface area contributed by atoms with Crippen LogP contribution in [0.15, 0.2) is 0 Å². The number of Topliss-reactive ketones (excluding diaryl/α,β-unsaturated/α-hetero) is 1. The highest BCUT2D eigenvalue weighted by atomic mass is 16.1. The van der Waals surface area contributed by atoms with E-state index in [1.54, 1.807) is 0 Å². The minimum Gasteiger partial charge on any atom is -0.344 e. The van der Waals surface area contributed by atoms with Crippen molar-refractivity contribution in [1.82, 2.24) is 0 Å². The first-order valence-corrected chi connectivity index (χ1v) is 5.81. The standard InChI is InChI=1S/C11H20N2O/c1-3-4-11-7-12-5-10(2,9(11)14)6-13-8-11/h12-13H,3-8H2,1-2H3/p+2. The maximum Gasteiger partial charge on any atom is 0.167 e. The molecule has 2 fully saturated rings. The number of ketones is 1. The molecule has 0 amide bonds. The first-order valence-electron chi connectivity index (χ1n) is 5.81. The van der Waals surface area contributed by atoms with Gasteiger partial charge in [0.15, 0.2) is 5.78 Å². The molecule has 0 spiro atoms. The van der Waals surface area contributed by atoms with Gasteiger partial charge in [0.1, 0.15) is 10.8 Å². The van der Waals surface area contributed by atoms with Gasteiger partial charge in [-0.25, -0.2) is 0 Å². The maximum absolute atomic E-state index is 12.4. The number of carbonyl (C=O) groups is 1. The molecule has 2 rings (SSSR count). The summed E-state index contributed by atoms with van der Waals surface area (Å²) >= 11 is 0. The molecular weight excluding hydrogens is 176 g/mol. The van der Waals surface area contributed by atoms with Gasteiger partial charge in [0.05, 0.1) is 26.2 Å². The maximum atomic E-state index is 12.4. The molecule has 2 aliphatic heterocycles. The minimum absolute atomic E-state index is 0. The molecular formula is C11H22N2O+2. The van der Waals surface area contributed by atoms with Crippen molar-refractivity contribution < 1.29 is 15.4 Å². The Bertz CT molecular complexity index is 234. The SMILES string of the molecule is CCCC12C[NH2+]CC(C)(C[NH2+]C1)C2=O. The average molecular weight is 198 g/mol. The van der Waals surface area contributed by atoms with E-state index in [0.29, 0.717) is 5.78 Å². The van der Waals surface area contributed by atoms with Crippen LogP contribution in [0.1, 0.15) is 26.7 Å². The van der Waals surface area contributed by atoms with E-state index >= 15 is 0 Å². The summed E-state index contributed by atoms with van der Waals surface area (Å²) in [4.78, 5) is 12.4. The van der Waals surface area contributed by atoms with E-state index in [1.165, 1.54) is 0 Å². The molecule has 0 aromatic rings. The molecule has 2 saturated heterocycles. The second-order valence-corrected chi connectivity index (χ2v) is 5.31. The fraction of sp³-hybridized carbons (Fsp3) is 0.909. The molecule has 0 atom stereocenters. The number of carbonyl (C=O) groups excluding carboxylic acids is 1. The fourth-order valence-electron chi connectivity index (χ4n) is 3.31. The first-order chi connectivity index (χ1) is 6.63. The van der Waals surface area contributed by atoms with Crippen LogP contribution < -0.4 is 10.6 Å². The van der Waals surface area contributed by atoms with Crippen LogP contribution in [-0.2, 0) is 4.79 Å². The normalized spacial score (nSPS) is 42.6. The van der Waals surface area contributed by atoms with Gasteiger partial charge in [-0.1, -0.05) is 13.3 Å². The smallest absolute Gasteiger partial charge is 0.167 e. The summed E-state index contributed by atoms with van der Waals surface area (Å²) in [5.74, 6) is 0.553. The summed E-state index contributed by atoms with van der Waals surface area (Å²) in [5.41, 5.74) is -0.0499. The lowest BCUT2D eigenvalue weighted by Crippen LogP contribution is -3.05. The molecule has 80 valence electrons. The van der Waals surface area contributed by atoms with E-state index in [1.807, 2.05) is 0 Å². The van der Waals surface area contributed by atoms with Crippen LogP contribution in [0, 0.1) is 10.8 Å². The predicted octanol–water partition coefficient (Wildman–Crippen LogP) is -1.50. The number of hydrogen-bond acceptors (Lipinski definition) is 1. The van der Waals surface area contributed by atoms with Gasteiger partial charge in [-0.3, -0.25) is 4.79 Å². The Balaban J connectivity index is 2.27. The van der Waals surface area contributed by atoms with E-state index in [9.17, 15) is 4.79 Å². The van der Waals surface area contributed by atoms with E-state index in [4.69, 9.17) is 0 Å². The Labute approximate surface area is 85.6 Å². The zero-order valence-electron chi connectivity index (χ0n) is 9.31. The Morgan fingerprint density at radius 3 is 2.29 bits per heavy atom. The van der Waals surface area contributed by atoms with E-state index in [0.717, 1.165) is 39.0 Å². The molecule has 14 heavy (non-hydrogen) atoms. The minimum atomic E-state index is -0.0499. The van der Waals surface area contributed by atoms with E-state index in [2.05, 4.69) is 24.5 Å². The van der Waals surface area contributed by atoms with Crippen molar-refractivity contribution in [1.29, 1.82) is 0 Å². The van der Waals surface area contributed by atoms with Crippen LogP contribution >= 0.6 is 0 Å². The molecule has 2 heterocycles. The fourth-order valence-corrected chi connectivity index (χ4v) is 3.31. The molecule has 0 radical (unpaired) electrons. The number of quaternary nitrogens is 2. The molecule has 0 aliphatic carbocycles. The van der Waals surface area contributed by atoms with Crippen molar-refractivity contribution in [2.45, 2.75) is 26.7 Å². The van der Waals surface area contributed by atoms with Gasteiger partial charge >= 0.3 is 0 Å². The zero-order valence-corrected chi connectivity index (χ0v) is 9.31. The Kier molecular flexibility index (Phi) is 2.40. The molecule has 0 saturated carbocycles.